The third kappa shape index (κ3) is 1.99. The Labute approximate surface area is 91.9 Å². The fourth-order valence-electron chi connectivity index (χ4n) is 1.28. The number of halogens is 1. The van der Waals surface area contributed by atoms with Gasteiger partial charge >= 0.3 is 0 Å². The number of anilines is 2. The van der Waals surface area contributed by atoms with Crippen LogP contribution in [0.25, 0.3) is 11.3 Å². The monoisotopic (exact) mass is 220 g/mol. The minimum absolute atomic E-state index is 0.189. The molecule has 0 fully saturated rings. The number of hydrogen-bond donors (Lipinski definition) is 2. The summed E-state index contributed by atoms with van der Waals surface area (Å²) in [5.74, 6) is 0. The predicted octanol–water partition coefficient (Wildman–Crippen LogP) is 1.96. The van der Waals surface area contributed by atoms with Crippen molar-refractivity contribution in [3.63, 3.8) is 0 Å². The Balaban J connectivity index is 2.58. The summed E-state index contributed by atoms with van der Waals surface area (Å²) in [7, 11) is 0. The molecule has 1 aromatic heterocycles. The number of nitrogens with zero attached hydrogens (tertiary/aromatic N) is 2. The molecule has 1 heterocycles. The molecule has 2 rings (SSSR count). The van der Waals surface area contributed by atoms with Gasteiger partial charge in [-0.3, -0.25) is 0 Å². The maximum Gasteiger partial charge on any atom is 0.222 e. The minimum Gasteiger partial charge on any atom is -0.399 e. The SMILES string of the molecule is Nc1ccc(N)c(-c2ccnc(Cl)n2)c1. The average Bonchev–Trinajstić information content (AvgIpc) is 2.22. The number of hydrogen-bond acceptors (Lipinski definition) is 4. The van der Waals surface area contributed by atoms with Gasteiger partial charge in [-0.1, -0.05) is 0 Å². The van der Waals surface area contributed by atoms with Crippen LogP contribution in [0.3, 0.4) is 0 Å². The lowest BCUT2D eigenvalue weighted by Crippen LogP contribution is -1.95. The molecule has 0 aliphatic heterocycles. The summed E-state index contributed by atoms with van der Waals surface area (Å²) < 4.78 is 0. The number of benzene rings is 1. The van der Waals surface area contributed by atoms with Gasteiger partial charge in [0.1, 0.15) is 0 Å². The first kappa shape index (κ1) is 9.73. The molecule has 0 amide bonds. The standard InChI is InChI=1S/C10H9ClN4/c11-10-14-4-3-9(15-10)7-5-6(12)1-2-8(7)13/h1-5H,12-13H2. The van der Waals surface area contributed by atoms with Crippen LogP contribution in [0.4, 0.5) is 11.4 Å². The summed E-state index contributed by atoms with van der Waals surface area (Å²) in [5, 5.41) is 0.189. The van der Waals surface area contributed by atoms with Gasteiger partial charge in [-0.2, -0.15) is 0 Å². The largest absolute Gasteiger partial charge is 0.399 e. The van der Waals surface area contributed by atoms with Gasteiger partial charge in [0.05, 0.1) is 5.69 Å². The van der Waals surface area contributed by atoms with Crippen molar-refractivity contribution >= 4 is 23.0 Å². The van der Waals surface area contributed by atoms with E-state index in [1.165, 1.54) is 0 Å². The molecule has 0 saturated heterocycles. The van der Waals surface area contributed by atoms with Crippen LogP contribution in [-0.2, 0) is 0 Å². The van der Waals surface area contributed by atoms with E-state index in [1.807, 2.05) is 0 Å². The van der Waals surface area contributed by atoms with Crippen LogP contribution in [0, 0.1) is 0 Å². The fourth-order valence-corrected chi connectivity index (χ4v) is 1.43. The van der Waals surface area contributed by atoms with Gasteiger partial charge in [0, 0.05) is 23.1 Å². The van der Waals surface area contributed by atoms with Crippen molar-refractivity contribution < 1.29 is 0 Å². The topological polar surface area (TPSA) is 77.8 Å². The van der Waals surface area contributed by atoms with Gasteiger partial charge in [0.15, 0.2) is 0 Å². The number of nitrogen functional groups attached to an aromatic ring is 2. The van der Waals surface area contributed by atoms with Crippen LogP contribution in [-0.4, -0.2) is 9.97 Å². The molecular formula is C10H9ClN4. The second-order valence-electron chi connectivity index (χ2n) is 3.06. The van der Waals surface area contributed by atoms with Gasteiger partial charge in [0.2, 0.25) is 5.28 Å². The van der Waals surface area contributed by atoms with Crippen LogP contribution in [0.5, 0.6) is 0 Å². The van der Waals surface area contributed by atoms with E-state index in [9.17, 15) is 0 Å². The van der Waals surface area contributed by atoms with E-state index in [1.54, 1.807) is 30.5 Å². The minimum atomic E-state index is 0.189. The van der Waals surface area contributed by atoms with Crippen molar-refractivity contribution in [3.8, 4) is 11.3 Å². The van der Waals surface area contributed by atoms with E-state index in [0.717, 1.165) is 5.56 Å². The number of nitrogens with two attached hydrogens (primary N) is 2. The van der Waals surface area contributed by atoms with Gasteiger partial charge < -0.3 is 11.5 Å². The lowest BCUT2D eigenvalue weighted by molar-refractivity contribution is 1.17. The second-order valence-corrected chi connectivity index (χ2v) is 3.40. The Kier molecular flexibility index (Phi) is 2.43. The Hall–Kier alpha value is -1.81. The summed E-state index contributed by atoms with van der Waals surface area (Å²) in [4.78, 5) is 7.86. The summed E-state index contributed by atoms with van der Waals surface area (Å²) in [6.45, 7) is 0. The van der Waals surface area contributed by atoms with Crippen LogP contribution < -0.4 is 11.5 Å². The first-order valence-electron chi connectivity index (χ1n) is 4.31. The van der Waals surface area contributed by atoms with Crippen LogP contribution in [0.2, 0.25) is 5.28 Å². The number of rotatable bonds is 1. The van der Waals surface area contributed by atoms with Crippen molar-refractivity contribution in [1.82, 2.24) is 9.97 Å². The molecule has 5 heteroatoms. The normalized spacial score (nSPS) is 10.2. The lowest BCUT2D eigenvalue weighted by Gasteiger charge is -2.05. The smallest absolute Gasteiger partial charge is 0.222 e. The molecule has 76 valence electrons. The fraction of sp³-hybridized carbons (Fsp3) is 0. The van der Waals surface area contributed by atoms with E-state index >= 15 is 0 Å². The molecule has 0 radical (unpaired) electrons. The molecule has 4 N–H and O–H groups in total. The highest BCUT2D eigenvalue weighted by Crippen LogP contribution is 2.26. The third-order valence-electron chi connectivity index (χ3n) is 1.98. The molecular weight excluding hydrogens is 212 g/mol. The zero-order chi connectivity index (χ0) is 10.8. The van der Waals surface area contributed by atoms with Crippen LogP contribution >= 0.6 is 11.6 Å². The van der Waals surface area contributed by atoms with Crippen molar-refractivity contribution in [2.45, 2.75) is 0 Å². The highest BCUT2D eigenvalue weighted by atomic mass is 35.5. The van der Waals surface area contributed by atoms with Crippen molar-refractivity contribution in [2.24, 2.45) is 0 Å². The lowest BCUT2D eigenvalue weighted by atomic mass is 10.1. The molecule has 1 aromatic carbocycles. The molecule has 0 atom stereocenters. The number of aromatic nitrogens is 2. The molecule has 0 unspecified atom stereocenters. The first-order valence-corrected chi connectivity index (χ1v) is 4.68. The molecule has 0 bridgehead atoms. The van der Waals surface area contributed by atoms with Gasteiger partial charge in [-0.05, 0) is 35.9 Å². The maximum absolute atomic E-state index is 5.81. The zero-order valence-corrected chi connectivity index (χ0v) is 8.57. The summed E-state index contributed by atoms with van der Waals surface area (Å²) >= 11 is 5.69. The molecule has 2 aromatic rings. The highest BCUT2D eigenvalue weighted by Gasteiger charge is 2.05. The molecule has 15 heavy (non-hydrogen) atoms. The van der Waals surface area contributed by atoms with E-state index in [0.29, 0.717) is 17.1 Å². The maximum atomic E-state index is 5.81. The van der Waals surface area contributed by atoms with Gasteiger partial charge in [-0.25, -0.2) is 9.97 Å². The van der Waals surface area contributed by atoms with Gasteiger partial charge in [0.25, 0.3) is 0 Å². The van der Waals surface area contributed by atoms with E-state index in [2.05, 4.69) is 9.97 Å². The van der Waals surface area contributed by atoms with Crippen LogP contribution in [0.15, 0.2) is 30.5 Å². The van der Waals surface area contributed by atoms with Crippen LogP contribution in [0.1, 0.15) is 0 Å². The van der Waals surface area contributed by atoms with Crippen molar-refractivity contribution in [1.29, 1.82) is 0 Å². The Morgan fingerprint density at radius 1 is 1.13 bits per heavy atom. The molecule has 0 saturated carbocycles. The average molecular weight is 221 g/mol. The van der Waals surface area contributed by atoms with Crippen molar-refractivity contribution in [2.75, 3.05) is 11.5 Å². The zero-order valence-electron chi connectivity index (χ0n) is 7.81. The quantitative estimate of drug-likeness (QED) is 0.569. The Morgan fingerprint density at radius 2 is 1.93 bits per heavy atom. The van der Waals surface area contributed by atoms with E-state index < -0.39 is 0 Å². The van der Waals surface area contributed by atoms with E-state index in [4.69, 9.17) is 23.1 Å². The Morgan fingerprint density at radius 3 is 2.67 bits per heavy atom. The third-order valence-corrected chi connectivity index (χ3v) is 2.16. The predicted molar refractivity (Wildman–Crippen MR) is 61.3 cm³/mol. The molecule has 4 nitrogen and oxygen atoms in total. The molecule has 0 aliphatic rings. The van der Waals surface area contributed by atoms with Crippen molar-refractivity contribution in [3.05, 3.63) is 35.7 Å². The summed E-state index contributed by atoms with van der Waals surface area (Å²) in [6, 6.07) is 6.97. The summed E-state index contributed by atoms with van der Waals surface area (Å²) in [5.41, 5.74) is 14.2. The van der Waals surface area contributed by atoms with Gasteiger partial charge in [-0.15, -0.1) is 0 Å². The molecule has 0 spiro atoms. The Bertz CT molecular complexity index is 499. The highest BCUT2D eigenvalue weighted by molar-refractivity contribution is 6.28. The second kappa shape index (κ2) is 3.74. The molecule has 0 aliphatic carbocycles. The van der Waals surface area contributed by atoms with E-state index in [-0.39, 0.29) is 5.28 Å². The first-order chi connectivity index (χ1) is 7.16. The summed E-state index contributed by atoms with van der Waals surface area (Å²) in [6.07, 6.45) is 1.58.